The van der Waals surface area contributed by atoms with Gasteiger partial charge in [-0.25, -0.2) is 0 Å². The molecule has 0 aliphatic heterocycles. The molecular weight excluding hydrogens is 306 g/mol. The summed E-state index contributed by atoms with van der Waals surface area (Å²) in [4.78, 5) is 12.1. The number of ether oxygens (including phenoxy) is 3. The Balaban J connectivity index is 2.11. The number of carbonyl (C=O) groups is 1. The van der Waals surface area contributed by atoms with Crippen LogP contribution in [-0.2, 0) is 4.79 Å². The van der Waals surface area contributed by atoms with Gasteiger partial charge in [-0.3, -0.25) is 4.79 Å². The Kier molecular flexibility index (Phi) is 5.84. The number of hydrogen-bond donors (Lipinski definition) is 1. The predicted octanol–water partition coefficient (Wildman–Crippen LogP) is 3.67. The monoisotopic (exact) mass is 327 g/mol. The first kappa shape index (κ1) is 17.4. The van der Waals surface area contributed by atoms with Crippen LogP contribution in [0, 0.1) is 6.92 Å². The fourth-order valence-corrected chi connectivity index (χ4v) is 2.20. The van der Waals surface area contributed by atoms with Gasteiger partial charge in [-0.2, -0.15) is 0 Å². The topological polar surface area (TPSA) is 56.8 Å². The molecule has 2 aromatic carbocycles. The minimum Gasteiger partial charge on any atom is -0.495 e. The molecule has 0 aliphatic carbocycles. The van der Waals surface area contributed by atoms with Crippen LogP contribution in [0.5, 0.6) is 17.2 Å². The largest absolute Gasteiger partial charge is 0.495 e. The summed E-state index contributed by atoms with van der Waals surface area (Å²) in [7, 11) is 4.72. The number of aryl methyl sites for hydroxylation is 1. The van der Waals surface area contributed by atoms with E-state index in [-0.39, 0.29) is 5.91 Å². The normalized spacial score (nSPS) is 10.5. The zero-order valence-corrected chi connectivity index (χ0v) is 14.3. The van der Waals surface area contributed by atoms with Crippen molar-refractivity contribution >= 4 is 17.7 Å². The molecule has 0 fully saturated rings. The fraction of sp³-hybridized carbons (Fsp3) is 0.211. The van der Waals surface area contributed by atoms with E-state index in [2.05, 4.69) is 5.32 Å². The van der Waals surface area contributed by atoms with Crippen molar-refractivity contribution in [3.05, 3.63) is 53.6 Å². The molecule has 2 aromatic rings. The van der Waals surface area contributed by atoms with Gasteiger partial charge in [0, 0.05) is 6.08 Å². The maximum absolute atomic E-state index is 12.1. The van der Waals surface area contributed by atoms with Gasteiger partial charge >= 0.3 is 0 Å². The standard InChI is InChI=1S/C19H21NO4/c1-13-5-8-15(17(11-13)23-3)20-19(21)10-7-14-6-9-16(22-2)18(12-14)24-4/h5-12H,1-4H3,(H,20,21). The number of methoxy groups -OCH3 is 3. The molecule has 0 spiro atoms. The summed E-state index contributed by atoms with van der Waals surface area (Å²) in [5.41, 5.74) is 2.52. The Morgan fingerprint density at radius 3 is 2.29 bits per heavy atom. The fourth-order valence-electron chi connectivity index (χ4n) is 2.20. The van der Waals surface area contributed by atoms with Gasteiger partial charge in [0.25, 0.3) is 0 Å². The average Bonchev–Trinajstić information content (AvgIpc) is 2.61. The first-order valence-electron chi connectivity index (χ1n) is 7.43. The lowest BCUT2D eigenvalue weighted by atomic mass is 10.2. The SMILES string of the molecule is COc1cc(C)ccc1NC(=O)C=Cc1ccc(OC)c(OC)c1. The molecule has 5 heteroatoms. The molecule has 5 nitrogen and oxygen atoms in total. The molecular formula is C19H21NO4. The number of nitrogens with one attached hydrogen (secondary N) is 1. The van der Waals surface area contributed by atoms with Crippen molar-refractivity contribution < 1.29 is 19.0 Å². The summed E-state index contributed by atoms with van der Waals surface area (Å²) in [6, 6.07) is 11.0. The third-order valence-corrected chi connectivity index (χ3v) is 3.45. The number of rotatable bonds is 6. The molecule has 1 amide bonds. The van der Waals surface area contributed by atoms with Gasteiger partial charge in [-0.1, -0.05) is 12.1 Å². The van der Waals surface area contributed by atoms with Crippen LogP contribution in [-0.4, -0.2) is 27.2 Å². The Bertz CT molecular complexity index is 753. The average molecular weight is 327 g/mol. The number of hydrogen-bond acceptors (Lipinski definition) is 4. The van der Waals surface area contributed by atoms with Crippen LogP contribution in [0.15, 0.2) is 42.5 Å². The van der Waals surface area contributed by atoms with Crippen molar-refractivity contribution in [2.75, 3.05) is 26.6 Å². The third kappa shape index (κ3) is 4.29. The van der Waals surface area contributed by atoms with Crippen molar-refractivity contribution in [1.29, 1.82) is 0 Å². The van der Waals surface area contributed by atoms with Crippen LogP contribution < -0.4 is 19.5 Å². The van der Waals surface area contributed by atoms with E-state index in [1.54, 1.807) is 39.5 Å². The minimum atomic E-state index is -0.244. The molecule has 0 saturated carbocycles. The smallest absolute Gasteiger partial charge is 0.248 e. The second-order valence-electron chi connectivity index (χ2n) is 5.14. The molecule has 0 atom stereocenters. The number of amides is 1. The van der Waals surface area contributed by atoms with Crippen LogP contribution >= 0.6 is 0 Å². The highest BCUT2D eigenvalue weighted by Crippen LogP contribution is 2.28. The van der Waals surface area contributed by atoms with Crippen LogP contribution in [0.4, 0.5) is 5.69 Å². The summed E-state index contributed by atoms with van der Waals surface area (Å²) >= 11 is 0. The zero-order chi connectivity index (χ0) is 17.5. The molecule has 0 radical (unpaired) electrons. The Morgan fingerprint density at radius 1 is 0.917 bits per heavy atom. The summed E-state index contributed by atoms with van der Waals surface area (Å²) in [6.45, 7) is 1.96. The lowest BCUT2D eigenvalue weighted by Crippen LogP contribution is -2.09. The van der Waals surface area contributed by atoms with Gasteiger partial charge in [0.2, 0.25) is 5.91 Å². The number of carbonyl (C=O) groups excluding carboxylic acids is 1. The van der Waals surface area contributed by atoms with Gasteiger partial charge in [0.15, 0.2) is 11.5 Å². The van der Waals surface area contributed by atoms with E-state index in [0.717, 1.165) is 11.1 Å². The number of benzene rings is 2. The maximum Gasteiger partial charge on any atom is 0.248 e. The highest BCUT2D eigenvalue weighted by molar-refractivity contribution is 6.02. The van der Waals surface area contributed by atoms with E-state index >= 15 is 0 Å². The molecule has 24 heavy (non-hydrogen) atoms. The quantitative estimate of drug-likeness (QED) is 0.823. The first-order chi connectivity index (χ1) is 11.6. The van der Waals surface area contributed by atoms with E-state index in [0.29, 0.717) is 22.9 Å². The lowest BCUT2D eigenvalue weighted by molar-refractivity contribution is -0.111. The highest BCUT2D eigenvalue weighted by atomic mass is 16.5. The zero-order valence-electron chi connectivity index (χ0n) is 14.3. The van der Waals surface area contributed by atoms with Gasteiger partial charge in [0.05, 0.1) is 27.0 Å². The lowest BCUT2D eigenvalue weighted by Gasteiger charge is -2.09. The van der Waals surface area contributed by atoms with Gasteiger partial charge in [0.1, 0.15) is 5.75 Å². The molecule has 0 bridgehead atoms. The van der Waals surface area contributed by atoms with Crippen molar-refractivity contribution in [3.63, 3.8) is 0 Å². The molecule has 0 heterocycles. The van der Waals surface area contributed by atoms with E-state index in [1.807, 2.05) is 31.2 Å². The molecule has 126 valence electrons. The Labute approximate surface area is 141 Å². The molecule has 0 aromatic heterocycles. The highest BCUT2D eigenvalue weighted by Gasteiger charge is 2.06. The summed E-state index contributed by atoms with van der Waals surface area (Å²) < 4.78 is 15.7. The molecule has 2 rings (SSSR count). The second-order valence-corrected chi connectivity index (χ2v) is 5.14. The minimum absolute atomic E-state index is 0.244. The third-order valence-electron chi connectivity index (χ3n) is 3.45. The second kappa shape index (κ2) is 8.06. The van der Waals surface area contributed by atoms with Crippen molar-refractivity contribution in [1.82, 2.24) is 0 Å². The molecule has 1 N–H and O–H groups in total. The molecule has 0 aliphatic rings. The van der Waals surface area contributed by atoms with Gasteiger partial charge < -0.3 is 19.5 Å². The molecule has 0 saturated heterocycles. The summed E-state index contributed by atoms with van der Waals surface area (Å²) in [6.07, 6.45) is 3.17. The van der Waals surface area contributed by atoms with Crippen molar-refractivity contribution in [2.24, 2.45) is 0 Å². The van der Waals surface area contributed by atoms with Crippen LogP contribution in [0.1, 0.15) is 11.1 Å². The van der Waals surface area contributed by atoms with Gasteiger partial charge in [-0.05, 0) is 48.4 Å². The van der Waals surface area contributed by atoms with E-state index < -0.39 is 0 Å². The van der Waals surface area contributed by atoms with Crippen LogP contribution in [0.25, 0.3) is 6.08 Å². The summed E-state index contributed by atoms with van der Waals surface area (Å²) in [5.74, 6) is 1.64. The van der Waals surface area contributed by atoms with E-state index in [4.69, 9.17) is 14.2 Å². The van der Waals surface area contributed by atoms with Crippen molar-refractivity contribution in [3.8, 4) is 17.2 Å². The first-order valence-corrected chi connectivity index (χ1v) is 7.43. The van der Waals surface area contributed by atoms with Gasteiger partial charge in [-0.15, -0.1) is 0 Å². The summed E-state index contributed by atoms with van der Waals surface area (Å²) in [5, 5.41) is 2.80. The Hall–Kier alpha value is -2.95. The Morgan fingerprint density at radius 2 is 1.62 bits per heavy atom. The molecule has 0 unspecified atom stereocenters. The van der Waals surface area contributed by atoms with Crippen molar-refractivity contribution in [2.45, 2.75) is 6.92 Å². The predicted molar refractivity (Wildman–Crippen MR) is 94.9 cm³/mol. The maximum atomic E-state index is 12.1. The van der Waals surface area contributed by atoms with Crippen LogP contribution in [0.2, 0.25) is 0 Å². The van der Waals surface area contributed by atoms with Crippen LogP contribution in [0.3, 0.4) is 0 Å². The van der Waals surface area contributed by atoms with E-state index in [9.17, 15) is 4.79 Å². The van der Waals surface area contributed by atoms with E-state index in [1.165, 1.54) is 6.08 Å². The number of anilines is 1.